The average Bonchev–Trinajstić information content (AvgIpc) is 2.64. The smallest absolute Gasteiger partial charge is 0.253 e. The number of nitrogens with zero attached hydrogens (tertiary/aromatic N) is 1. The van der Waals surface area contributed by atoms with Gasteiger partial charge in [0.2, 0.25) is 5.91 Å². The van der Waals surface area contributed by atoms with Crippen LogP contribution in [0.3, 0.4) is 0 Å². The maximum absolute atomic E-state index is 12.5. The van der Waals surface area contributed by atoms with E-state index in [9.17, 15) is 9.59 Å². The molecule has 2 aromatic rings. The summed E-state index contributed by atoms with van der Waals surface area (Å²) in [5.74, 6) is -0.174. The van der Waals surface area contributed by atoms with Gasteiger partial charge in [-0.3, -0.25) is 9.59 Å². The Hall–Kier alpha value is -1.98. The Balaban J connectivity index is 2.06. The van der Waals surface area contributed by atoms with Gasteiger partial charge in [-0.25, -0.2) is 0 Å². The zero-order valence-corrected chi connectivity index (χ0v) is 16.7. The monoisotopic (exact) mass is 390 g/mol. The highest BCUT2D eigenvalue weighted by molar-refractivity contribution is 8.00. The number of halogens is 1. The van der Waals surface area contributed by atoms with Crippen LogP contribution in [0.4, 0.5) is 5.69 Å². The number of anilines is 1. The molecule has 4 nitrogen and oxygen atoms in total. The number of hydrogen-bond donors (Lipinski definition) is 1. The summed E-state index contributed by atoms with van der Waals surface area (Å²) in [4.78, 5) is 27.5. The van der Waals surface area contributed by atoms with E-state index in [4.69, 9.17) is 11.6 Å². The van der Waals surface area contributed by atoms with E-state index >= 15 is 0 Å². The van der Waals surface area contributed by atoms with Crippen molar-refractivity contribution >= 4 is 40.9 Å². The van der Waals surface area contributed by atoms with Gasteiger partial charge in [-0.1, -0.05) is 29.8 Å². The molecular weight excluding hydrogens is 368 g/mol. The van der Waals surface area contributed by atoms with Crippen molar-refractivity contribution in [1.29, 1.82) is 0 Å². The lowest BCUT2D eigenvalue weighted by Crippen LogP contribution is -2.30. The highest BCUT2D eigenvalue weighted by Gasteiger charge is 2.17. The first-order chi connectivity index (χ1) is 12.5. The lowest BCUT2D eigenvalue weighted by molar-refractivity contribution is -0.115. The van der Waals surface area contributed by atoms with E-state index < -0.39 is 0 Å². The summed E-state index contributed by atoms with van der Waals surface area (Å²) in [6.07, 6.45) is 0. The van der Waals surface area contributed by atoms with Gasteiger partial charge in [-0.2, -0.15) is 0 Å². The molecular formula is C20H23ClN2O2S. The number of carbonyl (C=O) groups is 2. The molecule has 2 amide bonds. The largest absolute Gasteiger partial charge is 0.339 e. The average molecular weight is 391 g/mol. The number of carbonyl (C=O) groups excluding carboxylic acids is 2. The minimum absolute atomic E-state index is 0.0374. The summed E-state index contributed by atoms with van der Waals surface area (Å²) < 4.78 is 0. The summed E-state index contributed by atoms with van der Waals surface area (Å²) in [7, 11) is 0. The van der Waals surface area contributed by atoms with Crippen LogP contribution in [0.2, 0.25) is 5.02 Å². The van der Waals surface area contributed by atoms with Crippen LogP contribution in [0.1, 0.15) is 31.1 Å². The van der Waals surface area contributed by atoms with E-state index in [0.717, 1.165) is 4.90 Å². The molecule has 0 aliphatic heterocycles. The molecule has 0 radical (unpaired) electrons. The lowest BCUT2D eigenvalue weighted by Gasteiger charge is -2.19. The number of nitrogens with one attached hydrogen (secondary N) is 1. The van der Waals surface area contributed by atoms with Crippen LogP contribution in [0, 0.1) is 0 Å². The zero-order valence-electron chi connectivity index (χ0n) is 15.2. The third kappa shape index (κ3) is 5.26. The van der Waals surface area contributed by atoms with E-state index in [1.807, 2.05) is 39.0 Å². The third-order valence-electron chi connectivity index (χ3n) is 3.94. The Morgan fingerprint density at radius 1 is 1.12 bits per heavy atom. The van der Waals surface area contributed by atoms with Crippen molar-refractivity contribution in [1.82, 2.24) is 4.90 Å². The van der Waals surface area contributed by atoms with E-state index in [1.165, 1.54) is 11.8 Å². The van der Waals surface area contributed by atoms with Crippen LogP contribution in [0.15, 0.2) is 53.4 Å². The molecule has 0 aliphatic rings. The van der Waals surface area contributed by atoms with Crippen molar-refractivity contribution in [3.05, 3.63) is 59.1 Å². The summed E-state index contributed by atoms with van der Waals surface area (Å²) in [6, 6.07) is 14.5. The van der Waals surface area contributed by atoms with Crippen LogP contribution in [-0.2, 0) is 4.79 Å². The molecule has 0 heterocycles. The Morgan fingerprint density at radius 2 is 1.81 bits per heavy atom. The normalized spacial score (nSPS) is 11.7. The summed E-state index contributed by atoms with van der Waals surface area (Å²) in [5, 5.41) is 3.18. The summed E-state index contributed by atoms with van der Waals surface area (Å²) in [6.45, 7) is 7.02. The number of amides is 2. The number of hydrogen-bond acceptors (Lipinski definition) is 3. The van der Waals surface area contributed by atoms with E-state index in [2.05, 4.69) is 5.32 Å². The molecule has 0 spiro atoms. The van der Waals surface area contributed by atoms with Crippen molar-refractivity contribution in [2.45, 2.75) is 30.9 Å². The van der Waals surface area contributed by atoms with Gasteiger partial charge in [-0.15, -0.1) is 11.8 Å². The van der Waals surface area contributed by atoms with Gasteiger partial charge in [0, 0.05) is 29.2 Å². The SMILES string of the molecule is CCN(CC)C(=O)c1cccc(NC(=O)C(C)Sc2ccccc2Cl)c1. The highest BCUT2D eigenvalue weighted by Crippen LogP contribution is 2.30. The van der Waals surface area contributed by atoms with Crippen LogP contribution in [-0.4, -0.2) is 35.1 Å². The number of thioether (sulfide) groups is 1. The zero-order chi connectivity index (χ0) is 19.1. The maximum atomic E-state index is 12.5. The van der Waals surface area contributed by atoms with Crippen LogP contribution < -0.4 is 5.32 Å². The molecule has 138 valence electrons. The van der Waals surface area contributed by atoms with E-state index in [0.29, 0.717) is 29.4 Å². The lowest BCUT2D eigenvalue weighted by atomic mass is 10.1. The summed E-state index contributed by atoms with van der Waals surface area (Å²) >= 11 is 7.55. The second-order valence-electron chi connectivity index (χ2n) is 5.74. The van der Waals surface area contributed by atoms with E-state index in [1.54, 1.807) is 35.2 Å². The second kappa shape index (κ2) is 9.64. The predicted molar refractivity (Wildman–Crippen MR) is 109 cm³/mol. The molecule has 0 aliphatic carbocycles. The molecule has 1 N–H and O–H groups in total. The molecule has 2 rings (SSSR count). The quantitative estimate of drug-likeness (QED) is 0.681. The van der Waals surface area contributed by atoms with Gasteiger partial charge in [0.05, 0.1) is 10.3 Å². The third-order valence-corrected chi connectivity index (χ3v) is 5.56. The predicted octanol–water partition coefficient (Wildman–Crippen LogP) is 4.94. The van der Waals surface area contributed by atoms with Crippen molar-refractivity contribution in [2.75, 3.05) is 18.4 Å². The molecule has 26 heavy (non-hydrogen) atoms. The Bertz CT molecular complexity index is 778. The van der Waals surface area contributed by atoms with Gasteiger partial charge in [-0.05, 0) is 51.1 Å². The fourth-order valence-electron chi connectivity index (χ4n) is 2.45. The molecule has 0 saturated carbocycles. The van der Waals surface area contributed by atoms with Crippen molar-refractivity contribution in [2.24, 2.45) is 0 Å². The van der Waals surface area contributed by atoms with Crippen molar-refractivity contribution < 1.29 is 9.59 Å². The molecule has 0 saturated heterocycles. The Kier molecular flexibility index (Phi) is 7.54. The second-order valence-corrected chi connectivity index (χ2v) is 7.53. The standard InChI is InChI=1S/C20H23ClN2O2S/c1-4-23(5-2)20(25)15-9-8-10-16(13-15)22-19(24)14(3)26-18-12-7-6-11-17(18)21/h6-14H,4-5H2,1-3H3,(H,22,24). The minimum Gasteiger partial charge on any atom is -0.339 e. The molecule has 0 fully saturated rings. The topological polar surface area (TPSA) is 49.4 Å². The first-order valence-electron chi connectivity index (χ1n) is 8.57. The fourth-order valence-corrected chi connectivity index (χ4v) is 3.61. The molecule has 0 aromatic heterocycles. The number of benzene rings is 2. The summed E-state index contributed by atoms with van der Waals surface area (Å²) in [5.41, 5.74) is 1.18. The van der Waals surface area contributed by atoms with Gasteiger partial charge in [0.15, 0.2) is 0 Å². The first kappa shape index (κ1) is 20.3. The van der Waals surface area contributed by atoms with Crippen LogP contribution in [0.5, 0.6) is 0 Å². The van der Waals surface area contributed by atoms with Crippen molar-refractivity contribution in [3.8, 4) is 0 Å². The van der Waals surface area contributed by atoms with Gasteiger partial charge >= 0.3 is 0 Å². The van der Waals surface area contributed by atoms with Crippen LogP contribution in [0.25, 0.3) is 0 Å². The Morgan fingerprint density at radius 3 is 2.46 bits per heavy atom. The van der Waals surface area contributed by atoms with Crippen LogP contribution >= 0.6 is 23.4 Å². The first-order valence-corrected chi connectivity index (χ1v) is 9.83. The highest BCUT2D eigenvalue weighted by atomic mass is 35.5. The molecule has 1 atom stereocenters. The van der Waals surface area contributed by atoms with Gasteiger partial charge in [0.1, 0.15) is 0 Å². The van der Waals surface area contributed by atoms with E-state index in [-0.39, 0.29) is 17.1 Å². The van der Waals surface area contributed by atoms with Crippen molar-refractivity contribution in [3.63, 3.8) is 0 Å². The molecule has 1 unspecified atom stereocenters. The Labute approximate surface area is 163 Å². The molecule has 0 bridgehead atoms. The number of rotatable bonds is 7. The minimum atomic E-state index is -0.322. The van der Waals surface area contributed by atoms with Gasteiger partial charge in [0.25, 0.3) is 5.91 Å². The maximum Gasteiger partial charge on any atom is 0.253 e. The van der Waals surface area contributed by atoms with Gasteiger partial charge < -0.3 is 10.2 Å². The fraction of sp³-hybridized carbons (Fsp3) is 0.300. The molecule has 6 heteroatoms. The molecule has 2 aromatic carbocycles.